The van der Waals surface area contributed by atoms with Crippen molar-refractivity contribution in [3.63, 3.8) is 0 Å². The largest absolute Gasteiger partial charge is 0.339 e. The first-order valence-electron chi connectivity index (χ1n) is 10.5. The molecule has 0 unspecified atom stereocenters. The molecule has 160 valence electrons. The highest BCUT2D eigenvalue weighted by atomic mass is 32.2. The monoisotopic (exact) mass is 421 g/mol. The summed E-state index contributed by atoms with van der Waals surface area (Å²) in [5.74, 6) is 0.199. The first-order chi connectivity index (χ1) is 13.8. The van der Waals surface area contributed by atoms with Crippen molar-refractivity contribution in [2.24, 2.45) is 5.92 Å². The lowest BCUT2D eigenvalue weighted by Crippen LogP contribution is -2.52. The third-order valence-electron chi connectivity index (χ3n) is 6.09. The third kappa shape index (κ3) is 4.33. The van der Waals surface area contributed by atoms with Gasteiger partial charge in [-0.25, -0.2) is 8.42 Å². The van der Waals surface area contributed by atoms with Crippen LogP contribution in [0.4, 0.5) is 0 Å². The molecule has 0 atom stereocenters. The number of carbonyl (C=O) groups excluding carboxylic acids is 2. The van der Waals surface area contributed by atoms with Gasteiger partial charge in [0.1, 0.15) is 0 Å². The van der Waals surface area contributed by atoms with Gasteiger partial charge in [0.2, 0.25) is 15.9 Å². The van der Waals surface area contributed by atoms with Crippen molar-refractivity contribution in [3.05, 3.63) is 29.3 Å². The summed E-state index contributed by atoms with van der Waals surface area (Å²) in [6.45, 7) is 8.14. The van der Waals surface area contributed by atoms with E-state index in [0.29, 0.717) is 50.4 Å². The van der Waals surface area contributed by atoms with Crippen molar-refractivity contribution in [2.45, 2.75) is 44.9 Å². The molecule has 2 aliphatic rings. The molecule has 0 N–H and O–H groups in total. The van der Waals surface area contributed by atoms with Gasteiger partial charge in [-0.1, -0.05) is 26.3 Å². The second-order valence-corrected chi connectivity index (χ2v) is 9.72. The minimum absolute atomic E-state index is 0.169. The lowest BCUT2D eigenvalue weighted by molar-refractivity contribution is -0.139. The van der Waals surface area contributed by atoms with E-state index in [2.05, 4.69) is 0 Å². The molecule has 0 radical (unpaired) electrons. The summed E-state index contributed by atoms with van der Waals surface area (Å²) in [6, 6.07) is 4.88. The molecule has 1 saturated heterocycles. The number of sulfonamides is 1. The number of hydrogen-bond donors (Lipinski definition) is 0. The summed E-state index contributed by atoms with van der Waals surface area (Å²) in [7, 11) is -3.63. The first kappa shape index (κ1) is 21.8. The second-order valence-electron chi connectivity index (χ2n) is 7.81. The summed E-state index contributed by atoms with van der Waals surface area (Å²) in [5.41, 5.74) is 1.00. The van der Waals surface area contributed by atoms with Crippen LogP contribution >= 0.6 is 0 Å². The Morgan fingerprint density at radius 1 is 1.03 bits per heavy atom. The van der Waals surface area contributed by atoms with E-state index in [1.54, 1.807) is 37.8 Å². The zero-order chi connectivity index (χ0) is 21.2. The molecule has 1 aliphatic carbocycles. The molecule has 2 amide bonds. The van der Waals surface area contributed by atoms with Gasteiger partial charge in [0.15, 0.2) is 0 Å². The zero-order valence-corrected chi connectivity index (χ0v) is 18.4. The fourth-order valence-electron chi connectivity index (χ4n) is 3.94. The molecular formula is C21H31N3O4S. The molecule has 2 fully saturated rings. The summed E-state index contributed by atoms with van der Waals surface area (Å²) in [4.78, 5) is 29.1. The quantitative estimate of drug-likeness (QED) is 0.705. The molecule has 1 heterocycles. The van der Waals surface area contributed by atoms with E-state index in [1.807, 2.05) is 4.90 Å². The maximum Gasteiger partial charge on any atom is 0.254 e. The Bertz CT molecular complexity index is 868. The van der Waals surface area contributed by atoms with Crippen LogP contribution in [0.3, 0.4) is 0 Å². The smallest absolute Gasteiger partial charge is 0.254 e. The van der Waals surface area contributed by atoms with Gasteiger partial charge >= 0.3 is 0 Å². The molecule has 29 heavy (non-hydrogen) atoms. The highest BCUT2D eigenvalue weighted by Crippen LogP contribution is 2.29. The van der Waals surface area contributed by atoms with Crippen molar-refractivity contribution >= 4 is 21.8 Å². The fourth-order valence-corrected chi connectivity index (χ4v) is 5.65. The molecule has 3 rings (SSSR count). The average molecular weight is 422 g/mol. The van der Waals surface area contributed by atoms with Gasteiger partial charge in [-0.05, 0) is 37.5 Å². The predicted molar refractivity (Wildman–Crippen MR) is 111 cm³/mol. The first-order valence-corrected chi connectivity index (χ1v) is 11.9. The van der Waals surface area contributed by atoms with Crippen LogP contribution in [0, 0.1) is 12.8 Å². The van der Waals surface area contributed by atoms with Gasteiger partial charge in [-0.2, -0.15) is 4.31 Å². The van der Waals surface area contributed by atoms with Crippen LogP contribution in [0.1, 0.15) is 49.0 Å². The van der Waals surface area contributed by atoms with E-state index in [0.717, 1.165) is 19.3 Å². The number of hydrogen-bond acceptors (Lipinski definition) is 4. The van der Waals surface area contributed by atoms with E-state index in [4.69, 9.17) is 0 Å². The van der Waals surface area contributed by atoms with Gasteiger partial charge < -0.3 is 9.80 Å². The Hall–Kier alpha value is -1.93. The molecule has 0 aromatic heterocycles. The number of piperazine rings is 1. The number of nitrogens with zero attached hydrogens (tertiary/aromatic N) is 3. The van der Waals surface area contributed by atoms with E-state index >= 15 is 0 Å². The van der Waals surface area contributed by atoms with Crippen molar-refractivity contribution < 1.29 is 18.0 Å². The van der Waals surface area contributed by atoms with Crippen LogP contribution in [0.25, 0.3) is 0 Å². The SMILES string of the molecule is CCN(CC)S(=O)(=O)c1cc(C(=O)N2CCN(C(=O)C3CCC3)CC2)ccc1C. The van der Waals surface area contributed by atoms with Crippen LogP contribution in [0.2, 0.25) is 0 Å². The van der Waals surface area contributed by atoms with Gasteiger partial charge in [-0.3, -0.25) is 9.59 Å². The number of rotatable bonds is 6. The maximum atomic E-state index is 13.0. The molecule has 8 heteroatoms. The standard InChI is InChI=1S/C21H31N3O4S/c1-4-24(5-2)29(27,28)19-15-18(10-9-16(19)3)21(26)23-13-11-22(12-14-23)20(25)17-7-6-8-17/h9-10,15,17H,4-8,11-14H2,1-3H3. The van der Waals surface area contributed by atoms with E-state index in [-0.39, 0.29) is 22.6 Å². The summed E-state index contributed by atoms with van der Waals surface area (Å²) >= 11 is 0. The van der Waals surface area contributed by atoms with Crippen LogP contribution in [-0.2, 0) is 14.8 Å². The average Bonchev–Trinajstić information content (AvgIpc) is 2.67. The summed E-state index contributed by atoms with van der Waals surface area (Å²) in [5, 5.41) is 0. The van der Waals surface area contributed by atoms with Crippen molar-refractivity contribution in [3.8, 4) is 0 Å². The summed E-state index contributed by atoms with van der Waals surface area (Å²) in [6.07, 6.45) is 3.08. The topological polar surface area (TPSA) is 78.0 Å². The fraction of sp³-hybridized carbons (Fsp3) is 0.619. The molecule has 7 nitrogen and oxygen atoms in total. The molecule has 0 bridgehead atoms. The maximum absolute atomic E-state index is 13.0. The van der Waals surface area contributed by atoms with E-state index in [9.17, 15) is 18.0 Å². The third-order valence-corrected chi connectivity index (χ3v) is 8.28. The number of amides is 2. The van der Waals surface area contributed by atoms with Crippen molar-refractivity contribution in [1.82, 2.24) is 14.1 Å². The van der Waals surface area contributed by atoms with Gasteiger partial charge in [0.25, 0.3) is 5.91 Å². The predicted octanol–water partition coefficient (Wildman–Crippen LogP) is 2.11. The van der Waals surface area contributed by atoms with Crippen LogP contribution in [0.15, 0.2) is 23.1 Å². The highest BCUT2D eigenvalue weighted by molar-refractivity contribution is 7.89. The summed E-state index contributed by atoms with van der Waals surface area (Å²) < 4.78 is 27.3. The minimum atomic E-state index is -3.63. The van der Waals surface area contributed by atoms with Gasteiger partial charge in [0.05, 0.1) is 4.90 Å². The lowest BCUT2D eigenvalue weighted by Gasteiger charge is -2.38. The Morgan fingerprint density at radius 2 is 1.62 bits per heavy atom. The van der Waals surface area contributed by atoms with Crippen LogP contribution < -0.4 is 0 Å². The lowest BCUT2D eigenvalue weighted by atomic mass is 9.84. The van der Waals surface area contributed by atoms with Crippen molar-refractivity contribution in [2.75, 3.05) is 39.3 Å². The Kier molecular flexibility index (Phi) is 6.63. The second kappa shape index (κ2) is 8.83. The van der Waals surface area contributed by atoms with Crippen LogP contribution in [-0.4, -0.2) is 73.6 Å². The van der Waals surface area contributed by atoms with Crippen LogP contribution in [0.5, 0.6) is 0 Å². The highest BCUT2D eigenvalue weighted by Gasteiger charge is 2.32. The number of carbonyl (C=O) groups is 2. The normalized spacial score (nSPS) is 18.1. The Morgan fingerprint density at radius 3 is 2.14 bits per heavy atom. The van der Waals surface area contributed by atoms with Gasteiger partial charge in [0, 0.05) is 50.7 Å². The Balaban J connectivity index is 1.73. The molecular weight excluding hydrogens is 390 g/mol. The number of benzene rings is 1. The molecule has 1 aliphatic heterocycles. The molecule has 1 saturated carbocycles. The Labute approximate surface area is 173 Å². The minimum Gasteiger partial charge on any atom is -0.339 e. The number of aryl methyl sites for hydroxylation is 1. The molecule has 1 aromatic rings. The van der Waals surface area contributed by atoms with Crippen molar-refractivity contribution in [1.29, 1.82) is 0 Å². The van der Waals surface area contributed by atoms with E-state index < -0.39 is 10.0 Å². The van der Waals surface area contributed by atoms with E-state index in [1.165, 1.54) is 10.4 Å². The molecule has 1 aromatic carbocycles. The zero-order valence-electron chi connectivity index (χ0n) is 17.6. The van der Waals surface area contributed by atoms with Gasteiger partial charge in [-0.15, -0.1) is 0 Å². The molecule has 0 spiro atoms.